The van der Waals surface area contributed by atoms with Gasteiger partial charge in [0.25, 0.3) is 0 Å². The molecule has 0 unspecified atom stereocenters. The maximum Gasteiger partial charge on any atom is 0.318 e. The quantitative estimate of drug-likeness (QED) is 0.196. The summed E-state index contributed by atoms with van der Waals surface area (Å²) in [5.74, 6) is 1.66. The molecule has 1 aliphatic carbocycles. The molecule has 9 heteroatoms. The van der Waals surface area contributed by atoms with Crippen molar-refractivity contribution >= 4 is 28.2 Å². The van der Waals surface area contributed by atoms with Crippen LogP contribution in [0.25, 0.3) is 15.6 Å². The van der Waals surface area contributed by atoms with Crippen LogP contribution >= 0.6 is 0 Å². The van der Waals surface area contributed by atoms with Gasteiger partial charge in [-0.25, -0.2) is 6.57 Å². The minimum absolute atomic E-state index is 0.121. The summed E-state index contributed by atoms with van der Waals surface area (Å²) in [4.78, 5) is 35.4. The molecule has 7 rings (SSSR count). The van der Waals surface area contributed by atoms with Gasteiger partial charge < -0.3 is 24.3 Å². The van der Waals surface area contributed by atoms with Gasteiger partial charge in [0.1, 0.15) is 11.9 Å². The Bertz CT molecular complexity index is 1630. The van der Waals surface area contributed by atoms with Crippen LogP contribution in [0.1, 0.15) is 42.5 Å². The van der Waals surface area contributed by atoms with Crippen LogP contribution in [0.3, 0.4) is 0 Å². The molecular formula is C36H43N7O2. The van der Waals surface area contributed by atoms with E-state index in [-0.39, 0.29) is 18.5 Å². The number of fused-ring (bicyclic) bond motifs is 4. The van der Waals surface area contributed by atoms with Crippen molar-refractivity contribution in [3.63, 3.8) is 0 Å². The number of ether oxygens (including phenoxy) is 1. The molecule has 3 fully saturated rings. The lowest BCUT2D eigenvalue weighted by atomic mass is 9.99. The molecule has 3 aromatic rings. The Kier molecular flexibility index (Phi) is 8.33. The molecule has 4 heterocycles. The van der Waals surface area contributed by atoms with Crippen LogP contribution < -0.4 is 14.5 Å². The molecule has 2 aromatic carbocycles. The second-order valence-electron chi connectivity index (χ2n) is 13.1. The van der Waals surface area contributed by atoms with Gasteiger partial charge in [-0.05, 0) is 68.0 Å². The Balaban J connectivity index is 1.15. The van der Waals surface area contributed by atoms with E-state index in [4.69, 9.17) is 21.3 Å². The molecule has 0 radical (unpaired) electrons. The molecule has 9 nitrogen and oxygen atoms in total. The summed E-state index contributed by atoms with van der Waals surface area (Å²) in [7, 11) is 0. The number of rotatable bonds is 9. The molecule has 2 bridgehead atoms. The second kappa shape index (κ2) is 12.7. The van der Waals surface area contributed by atoms with E-state index in [9.17, 15) is 4.79 Å². The van der Waals surface area contributed by atoms with E-state index in [0.717, 1.165) is 55.0 Å². The van der Waals surface area contributed by atoms with Gasteiger partial charge in [0.15, 0.2) is 0 Å². The predicted octanol–water partition coefficient (Wildman–Crippen LogP) is 4.88. The minimum atomic E-state index is -0.216. The van der Waals surface area contributed by atoms with E-state index in [0.29, 0.717) is 38.8 Å². The molecular weight excluding hydrogens is 562 g/mol. The number of amides is 1. The van der Waals surface area contributed by atoms with Crippen LogP contribution in [0, 0.1) is 19.4 Å². The fourth-order valence-corrected chi connectivity index (χ4v) is 8.14. The minimum Gasteiger partial charge on any atom is -0.463 e. The number of nitrogens with zero attached hydrogens (tertiary/aromatic N) is 7. The lowest BCUT2D eigenvalue weighted by Crippen LogP contribution is -2.56. The van der Waals surface area contributed by atoms with Crippen LogP contribution in [0.5, 0.6) is 6.01 Å². The summed E-state index contributed by atoms with van der Waals surface area (Å²) >= 11 is 0. The SMILES string of the molecule is [C-]#[N+]C[C@H]1CN(c2nc(OCCCN3C[C@H]4CC[C@@H]3C4)nc3c2CCN(c2cccc4cccc(C)c24)C3)CCN1C(=O)C=C. The van der Waals surface area contributed by atoms with Crippen LogP contribution in [0.15, 0.2) is 49.1 Å². The molecule has 234 valence electrons. The average Bonchev–Trinajstić information content (AvgIpc) is 3.70. The zero-order valence-electron chi connectivity index (χ0n) is 26.3. The highest BCUT2D eigenvalue weighted by molar-refractivity contribution is 5.97. The largest absolute Gasteiger partial charge is 0.463 e. The Labute approximate surface area is 266 Å². The zero-order chi connectivity index (χ0) is 30.9. The van der Waals surface area contributed by atoms with Crippen molar-refractivity contribution in [3.8, 4) is 6.01 Å². The third-order valence-electron chi connectivity index (χ3n) is 10.3. The summed E-state index contributed by atoms with van der Waals surface area (Å²) in [5, 5.41) is 2.53. The Morgan fingerprint density at radius 1 is 1.11 bits per heavy atom. The van der Waals surface area contributed by atoms with E-state index in [2.05, 4.69) is 69.4 Å². The molecule has 1 amide bonds. The summed E-state index contributed by atoms with van der Waals surface area (Å²) in [6, 6.07) is 14.0. The molecule has 3 aliphatic heterocycles. The Morgan fingerprint density at radius 2 is 1.98 bits per heavy atom. The number of hydrogen-bond acceptors (Lipinski definition) is 7. The number of carbonyl (C=O) groups is 1. The van der Waals surface area contributed by atoms with Gasteiger partial charge in [-0.3, -0.25) is 9.69 Å². The van der Waals surface area contributed by atoms with Crippen molar-refractivity contribution in [2.24, 2.45) is 5.92 Å². The highest BCUT2D eigenvalue weighted by atomic mass is 16.5. The summed E-state index contributed by atoms with van der Waals surface area (Å²) in [6.45, 7) is 19.8. The van der Waals surface area contributed by atoms with E-state index >= 15 is 0 Å². The first-order chi connectivity index (χ1) is 22.0. The summed E-state index contributed by atoms with van der Waals surface area (Å²) in [5.41, 5.74) is 4.64. The predicted molar refractivity (Wildman–Crippen MR) is 178 cm³/mol. The Morgan fingerprint density at radius 3 is 2.76 bits per heavy atom. The first-order valence-electron chi connectivity index (χ1n) is 16.5. The van der Waals surface area contributed by atoms with Crippen molar-refractivity contribution in [2.75, 3.05) is 62.2 Å². The molecule has 0 N–H and O–H groups in total. The van der Waals surface area contributed by atoms with Crippen molar-refractivity contribution in [1.29, 1.82) is 0 Å². The van der Waals surface area contributed by atoms with Gasteiger partial charge in [-0.15, -0.1) is 0 Å². The van der Waals surface area contributed by atoms with Crippen molar-refractivity contribution in [2.45, 2.75) is 57.7 Å². The van der Waals surface area contributed by atoms with Gasteiger partial charge in [0, 0.05) is 61.9 Å². The molecule has 4 aliphatic rings. The van der Waals surface area contributed by atoms with Crippen molar-refractivity contribution in [1.82, 2.24) is 19.8 Å². The van der Waals surface area contributed by atoms with Gasteiger partial charge >= 0.3 is 6.01 Å². The fourth-order valence-electron chi connectivity index (χ4n) is 8.14. The molecule has 3 atom stereocenters. The number of likely N-dealkylation sites (tertiary alicyclic amines) is 1. The number of carbonyl (C=O) groups excluding carboxylic acids is 1. The number of aromatic nitrogens is 2. The third kappa shape index (κ3) is 5.84. The molecule has 45 heavy (non-hydrogen) atoms. The third-order valence-corrected chi connectivity index (χ3v) is 10.3. The van der Waals surface area contributed by atoms with E-state index in [1.165, 1.54) is 53.9 Å². The van der Waals surface area contributed by atoms with E-state index < -0.39 is 0 Å². The highest BCUT2D eigenvalue weighted by Gasteiger charge is 2.37. The monoisotopic (exact) mass is 605 g/mol. The van der Waals surface area contributed by atoms with Gasteiger partial charge in [-0.1, -0.05) is 36.9 Å². The zero-order valence-corrected chi connectivity index (χ0v) is 26.3. The van der Waals surface area contributed by atoms with Crippen LogP contribution in [-0.4, -0.2) is 90.2 Å². The second-order valence-corrected chi connectivity index (χ2v) is 13.1. The Hall–Kier alpha value is -4.16. The first kappa shape index (κ1) is 29.5. The maximum atomic E-state index is 12.6. The maximum absolute atomic E-state index is 12.6. The van der Waals surface area contributed by atoms with Crippen molar-refractivity contribution < 1.29 is 9.53 Å². The number of hydrogen-bond donors (Lipinski definition) is 0. The fraction of sp³-hybridized carbons (Fsp3) is 0.500. The lowest BCUT2D eigenvalue weighted by Gasteiger charge is -2.41. The van der Waals surface area contributed by atoms with Crippen LogP contribution in [0.2, 0.25) is 0 Å². The standard InChI is InChI=1S/C36H43N7O2/c1-4-33(44)43-18-17-42(23-29(43)21-37-3)35-30-14-16-41(32-11-6-10-27-9-5-8-25(2)34(27)32)24-31(30)38-36(39-35)45-19-7-15-40-22-26-12-13-28(40)20-26/h4-6,8-11,26,28-29H,1,7,12-24H2,2H3/t26-,28+,29-/m0/s1. The molecule has 1 aromatic heterocycles. The number of aryl methyl sites for hydroxylation is 1. The van der Waals surface area contributed by atoms with Crippen molar-refractivity contribution in [3.05, 3.63) is 77.3 Å². The first-order valence-corrected chi connectivity index (χ1v) is 16.5. The van der Waals surface area contributed by atoms with Gasteiger partial charge in [0.2, 0.25) is 12.5 Å². The summed E-state index contributed by atoms with van der Waals surface area (Å²) < 4.78 is 6.30. The highest BCUT2D eigenvalue weighted by Crippen LogP contribution is 2.38. The van der Waals surface area contributed by atoms with E-state index in [1.54, 1.807) is 4.90 Å². The molecule has 2 saturated heterocycles. The number of benzene rings is 2. The van der Waals surface area contributed by atoms with E-state index in [1.807, 2.05) is 0 Å². The molecule has 0 spiro atoms. The normalized spacial score (nSPS) is 22.8. The summed E-state index contributed by atoms with van der Waals surface area (Å²) in [6.07, 6.45) is 7.22. The molecule has 1 saturated carbocycles. The smallest absolute Gasteiger partial charge is 0.318 e. The number of piperazine rings is 1. The number of anilines is 2. The van der Waals surface area contributed by atoms with Crippen LogP contribution in [-0.2, 0) is 17.8 Å². The van der Waals surface area contributed by atoms with Gasteiger partial charge in [0.05, 0.1) is 18.8 Å². The average molecular weight is 606 g/mol. The van der Waals surface area contributed by atoms with Gasteiger partial charge in [-0.2, -0.15) is 9.97 Å². The van der Waals surface area contributed by atoms with Crippen LogP contribution in [0.4, 0.5) is 11.5 Å². The lowest BCUT2D eigenvalue weighted by molar-refractivity contribution is -0.128. The topological polar surface area (TPSA) is 69.4 Å². The number of piperidine rings is 1.